The molecule has 4 fully saturated rings. The number of aromatic nitrogens is 3. The van der Waals surface area contributed by atoms with Gasteiger partial charge in [-0.15, -0.1) is 0 Å². The fraction of sp³-hybridized carbons (Fsp3) is 0.412. The van der Waals surface area contributed by atoms with Gasteiger partial charge in [-0.3, -0.25) is 29.4 Å². The van der Waals surface area contributed by atoms with Gasteiger partial charge in [-0.1, -0.05) is 30.2 Å². The molecule has 4 aliphatic rings. The molecule has 16 heteroatoms. The second kappa shape index (κ2) is 19.7. The van der Waals surface area contributed by atoms with Crippen molar-refractivity contribution in [1.82, 2.24) is 34.6 Å². The van der Waals surface area contributed by atoms with Crippen molar-refractivity contribution in [2.24, 2.45) is 11.8 Å². The first-order valence-corrected chi connectivity index (χ1v) is 23.2. The monoisotopic (exact) mass is 913 g/mol. The fourth-order valence-corrected chi connectivity index (χ4v) is 9.86. The van der Waals surface area contributed by atoms with Crippen LogP contribution in [0.5, 0.6) is 0 Å². The highest BCUT2D eigenvalue weighted by Gasteiger charge is 2.36. The van der Waals surface area contributed by atoms with Crippen LogP contribution in [0, 0.1) is 30.6 Å². The van der Waals surface area contributed by atoms with Gasteiger partial charge >= 0.3 is 6.18 Å². The molecule has 348 valence electrons. The molecule has 13 nitrogen and oxygen atoms in total. The number of amides is 4. The Hall–Kier alpha value is -6.57. The van der Waals surface area contributed by atoms with Gasteiger partial charge in [0.25, 0.3) is 5.91 Å². The Morgan fingerprint density at radius 3 is 2.33 bits per heavy atom. The van der Waals surface area contributed by atoms with E-state index in [1.807, 2.05) is 34.9 Å². The first kappa shape index (κ1) is 45.6. The van der Waals surface area contributed by atoms with Crippen LogP contribution in [-0.4, -0.2) is 112 Å². The Labute approximate surface area is 387 Å². The van der Waals surface area contributed by atoms with Gasteiger partial charge in [0.05, 0.1) is 17.7 Å². The lowest BCUT2D eigenvalue weighted by Gasteiger charge is -2.40. The Morgan fingerprint density at radius 1 is 0.836 bits per heavy atom. The summed E-state index contributed by atoms with van der Waals surface area (Å²) in [5, 5.41) is 9.36. The van der Waals surface area contributed by atoms with Crippen LogP contribution in [0.1, 0.15) is 88.3 Å². The smallest absolute Gasteiger partial charge is 0.372 e. The molecule has 4 saturated heterocycles. The first-order valence-electron chi connectivity index (χ1n) is 23.2. The van der Waals surface area contributed by atoms with E-state index in [-0.39, 0.29) is 52.9 Å². The maximum Gasteiger partial charge on any atom is 0.416 e. The maximum absolute atomic E-state index is 14.5. The van der Waals surface area contributed by atoms with E-state index in [4.69, 9.17) is 0 Å². The van der Waals surface area contributed by atoms with E-state index in [2.05, 4.69) is 54.5 Å². The molecule has 0 spiro atoms. The van der Waals surface area contributed by atoms with Crippen LogP contribution in [0.15, 0.2) is 85.2 Å². The molecular formula is C51H54F3N9O4. The summed E-state index contributed by atoms with van der Waals surface area (Å²) in [6.45, 7) is 8.48. The Bertz CT molecular complexity index is 2700. The molecule has 67 heavy (non-hydrogen) atoms. The first-order chi connectivity index (χ1) is 32.3. The quantitative estimate of drug-likeness (QED) is 0.126. The normalized spacial score (nSPS) is 19.3. The molecule has 4 amide bonds. The average Bonchev–Trinajstić information content (AvgIpc) is 3.75. The average molecular weight is 914 g/mol. The third kappa shape index (κ3) is 10.7. The molecule has 2 N–H and O–H groups in total. The molecule has 0 radical (unpaired) electrons. The molecule has 1 unspecified atom stereocenters. The molecule has 6 heterocycles. The highest BCUT2D eigenvalue weighted by atomic mass is 19.4. The number of hydrogen-bond donors (Lipinski definition) is 2. The minimum absolute atomic E-state index is 0.0330. The summed E-state index contributed by atoms with van der Waals surface area (Å²) in [4.78, 5) is 63.9. The van der Waals surface area contributed by atoms with Gasteiger partial charge in [0.2, 0.25) is 17.7 Å². The zero-order valence-electron chi connectivity index (χ0n) is 37.5. The van der Waals surface area contributed by atoms with E-state index >= 15 is 0 Å². The molecule has 0 aliphatic carbocycles. The number of fused-ring (bicyclic) bond motifs is 1. The number of likely N-dealkylation sites (tertiary alicyclic amines) is 1. The van der Waals surface area contributed by atoms with E-state index in [0.717, 1.165) is 81.3 Å². The lowest BCUT2D eigenvalue weighted by atomic mass is 9.90. The molecule has 5 aromatic rings. The summed E-state index contributed by atoms with van der Waals surface area (Å²) in [5.74, 6) is 5.54. The Kier molecular flexibility index (Phi) is 13.4. The summed E-state index contributed by atoms with van der Waals surface area (Å²) in [7, 11) is 0. The summed E-state index contributed by atoms with van der Waals surface area (Å²) < 4.78 is 45.1. The van der Waals surface area contributed by atoms with E-state index in [1.54, 1.807) is 41.2 Å². The van der Waals surface area contributed by atoms with Gasteiger partial charge in [-0.05, 0) is 129 Å². The number of nitrogens with one attached hydrogen (secondary N) is 2. The molecule has 9 rings (SSSR count). The van der Waals surface area contributed by atoms with Crippen LogP contribution in [-0.2, 0) is 27.1 Å². The van der Waals surface area contributed by atoms with Crippen molar-refractivity contribution < 1.29 is 32.3 Å². The van der Waals surface area contributed by atoms with Gasteiger partial charge in [0.1, 0.15) is 5.69 Å². The number of anilines is 2. The number of benzene rings is 3. The van der Waals surface area contributed by atoms with Crippen molar-refractivity contribution in [3.05, 3.63) is 124 Å². The van der Waals surface area contributed by atoms with Crippen molar-refractivity contribution in [3.63, 3.8) is 0 Å². The standard InChI is InChI=1S/C51H54F3N9O4/c1-34-4-5-39(29-38(34)9-13-43-31-55-46-3-2-20-56-63(43)46)48(65)57-41-10-6-40(45(30-41)51(52,53)54)33-60-25-27-62(28-26-60)50(67)37-18-21-59(22-19-37)32-35-16-23-61(24-17-35)42-11-7-36(8-12-42)44-14-15-47(64)58-49(44)66/h2-8,10-12,20,29-31,35,37,44H,14-19,21-28,32-33H2,1H3,(H,57,65)(H,58,64,66). The van der Waals surface area contributed by atoms with E-state index in [0.29, 0.717) is 61.8 Å². The van der Waals surface area contributed by atoms with Crippen LogP contribution >= 0.6 is 0 Å². The zero-order chi connectivity index (χ0) is 46.7. The molecule has 1 atom stereocenters. The number of nitrogens with zero attached hydrogens (tertiary/aromatic N) is 7. The summed E-state index contributed by atoms with van der Waals surface area (Å²) in [6.07, 6.45) is 3.28. The van der Waals surface area contributed by atoms with Crippen LogP contribution in [0.4, 0.5) is 24.5 Å². The molecule has 0 saturated carbocycles. The van der Waals surface area contributed by atoms with E-state index < -0.39 is 17.6 Å². The second-order valence-corrected chi connectivity index (χ2v) is 18.2. The topological polar surface area (TPSA) is 135 Å². The number of imide groups is 1. The zero-order valence-corrected chi connectivity index (χ0v) is 37.5. The second-order valence-electron chi connectivity index (χ2n) is 18.2. The summed E-state index contributed by atoms with van der Waals surface area (Å²) in [5.41, 5.74) is 4.32. The lowest BCUT2D eigenvalue weighted by Crippen LogP contribution is -2.51. The lowest BCUT2D eigenvalue weighted by molar-refractivity contribution is -0.139. The SMILES string of the molecule is Cc1ccc(C(=O)Nc2ccc(CN3CCN(C(=O)C4CCN(CC5CCN(c6ccc(C7CCC(=O)NC7=O)cc6)CC5)CC4)CC3)c(C(F)(F)F)c2)cc1C#Cc1cnc2cccnn12. The number of aryl methyl sites for hydroxylation is 1. The van der Waals surface area contributed by atoms with Crippen molar-refractivity contribution in [1.29, 1.82) is 0 Å². The Morgan fingerprint density at radius 2 is 1.60 bits per heavy atom. The van der Waals surface area contributed by atoms with Gasteiger partial charge in [-0.25, -0.2) is 9.50 Å². The predicted molar refractivity (Wildman–Crippen MR) is 247 cm³/mol. The van der Waals surface area contributed by atoms with Crippen LogP contribution in [0.2, 0.25) is 0 Å². The van der Waals surface area contributed by atoms with Crippen LogP contribution in [0.3, 0.4) is 0 Å². The molecule has 2 aromatic heterocycles. The number of alkyl halides is 3. The fourth-order valence-electron chi connectivity index (χ4n) is 9.86. The minimum Gasteiger partial charge on any atom is -0.372 e. The van der Waals surface area contributed by atoms with Crippen molar-refractivity contribution in [3.8, 4) is 11.8 Å². The molecule has 3 aromatic carbocycles. The predicted octanol–water partition coefficient (Wildman–Crippen LogP) is 6.50. The minimum atomic E-state index is -4.64. The maximum atomic E-state index is 14.5. The van der Waals surface area contributed by atoms with E-state index in [9.17, 15) is 32.3 Å². The van der Waals surface area contributed by atoms with Crippen LogP contribution in [0.25, 0.3) is 5.65 Å². The van der Waals surface area contributed by atoms with Crippen molar-refractivity contribution in [2.75, 3.05) is 69.1 Å². The number of hydrogen-bond acceptors (Lipinski definition) is 9. The number of carbonyl (C=O) groups excluding carboxylic acids is 4. The third-order valence-corrected chi connectivity index (χ3v) is 13.8. The molecule has 0 bridgehead atoms. The summed E-state index contributed by atoms with van der Waals surface area (Å²) >= 11 is 0. The van der Waals surface area contributed by atoms with Crippen molar-refractivity contribution >= 4 is 40.7 Å². The van der Waals surface area contributed by atoms with E-state index in [1.165, 1.54) is 12.1 Å². The largest absolute Gasteiger partial charge is 0.416 e. The van der Waals surface area contributed by atoms with Gasteiger partial charge in [0.15, 0.2) is 5.65 Å². The number of piperazine rings is 1. The van der Waals surface area contributed by atoms with Crippen molar-refractivity contribution in [2.45, 2.75) is 64.1 Å². The number of imidazole rings is 1. The van der Waals surface area contributed by atoms with Gasteiger partial charge in [0, 0.05) is 93.4 Å². The van der Waals surface area contributed by atoms with Gasteiger partial charge < -0.3 is 20.0 Å². The number of rotatable bonds is 9. The highest BCUT2D eigenvalue weighted by molar-refractivity contribution is 6.04. The Balaban J connectivity index is 0.720. The van der Waals surface area contributed by atoms with Crippen LogP contribution < -0.4 is 15.5 Å². The molecular weight excluding hydrogens is 860 g/mol. The number of carbonyl (C=O) groups is 4. The highest BCUT2D eigenvalue weighted by Crippen LogP contribution is 2.35. The third-order valence-electron chi connectivity index (χ3n) is 13.8. The van der Waals surface area contributed by atoms with Gasteiger partial charge in [-0.2, -0.15) is 18.3 Å². The summed E-state index contributed by atoms with van der Waals surface area (Å²) in [6, 6.07) is 20.7. The number of piperidine rings is 3. The number of halogens is 3. The molecule has 4 aliphatic heterocycles.